The lowest BCUT2D eigenvalue weighted by molar-refractivity contribution is -0.137. The van der Waals surface area contributed by atoms with Gasteiger partial charge in [-0.1, -0.05) is 24.3 Å². The summed E-state index contributed by atoms with van der Waals surface area (Å²) in [4.78, 5) is 20.8. The molecule has 0 radical (unpaired) electrons. The summed E-state index contributed by atoms with van der Waals surface area (Å²) in [6.07, 6.45) is -0.806. The van der Waals surface area contributed by atoms with Gasteiger partial charge in [0, 0.05) is 23.6 Å². The van der Waals surface area contributed by atoms with E-state index in [2.05, 4.69) is 15.3 Å². The standard InChI is InChI=1S/C21H14F4N4O/c1-12-6-7-13(18-11-29-10-14(22)9-26-20(29)28-18)8-17(12)27-19(30)15-4-2-3-5-16(15)21(23,24)25/h2-11H,1H3,(H,27,30). The molecule has 152 valence electrons. The lowest BCUT2D eigenvalue weighted by atomic mass is 10.0. The first-order valence-corrected chi connectivity index (χ1v) is 8.81. The fraction of sp³-hybridized carbons (Fsp3) is 0.0952. The maximum Gasteiger partial charge on any atom is 0.417 e. The van der Waals surface area contributed by atoms with Crippen LogP contribution in [0.2, 0.25) is 0 Å². The SMILES string of the molecule is Cc1ccc(-c2cn3cc(F)cnc3n2)cc1NC(=O)c1ccccc1C(F)(F)F. The van der Waals surface area contributed by atoms with Crippen molar-refractivity contribution < 1.29 is 22.4 Å². The molecule has 1 N–H and O–H groups in total. The first-order chi connectivity index (χ1) is 14.2. The monoisotopic (exact) mass is 414 g/mol. The molecule has 0 aliphatic rings. The number of hydrogen-bond acceptors (Lipinski definition) is 3. The number of aryl methyl sites for hydroxylation is 1. The summed E-state index contributed by atoms with van der Waals surface area (Å²) in [6, 6.07) is 9.63. The molecule has 1 amide bonds. The summed E-state index contributed by atoms with van der Waals surface area (Å²) < 4.78 is 54.4. The van der Waals surface area contributed by atoms with Crippen LogP contribution in [0.4, 0.5) is 23.2 Å². The second-order valence-electron chi connectivity index (χ2n) is 6.63. The summed E-state index contributed by atoms with van der Waals surface area (Å²) in [6.45, 7) is 1.72. The number of amides is 1. The third-order valence-electron chi connectivity index (χ3n) is 4.54. The molecule has 0 saturated heterocycles. The number of anilines is 1. The molecule has 0 aliphatic carbocycles. The molecule has 2 aromatic carbocycles. The Labute approximate surface area is 168 Å². The van der Waals surface area contributed by atoms with E-state index in [1.54, 1.807) is 31.3 Å². The second kappa shape index (κ2) is 7.25. The maximum absolute atomic E-state index is 13.3. The molecule has 5 nitrogen and oxygen atoms in total. The van der Waals surface area contributed by atoms with Crippen molar-refractivity contribution in [3.8, 4) is 11.3 Å². The molecule has 0 unspecified atom stereocenters. The molecule has 0 atom stereocenters. The number of carbonyl (C=O) groups is 1. The lowest BCUT2D eigenvalue weighted by Crippen LogP contribution is -2.19. The van der Waals surface area contributed by atoms with Gasteiger partial charge < -0.3 is 5.32 Å². The molecule has 0 bridgehead atoms. The van der Waals surface area contributed by atoms with Gasteiger partial charge in [-0.15, -0.1) is 0 Å². The Morgan fingerprint density at radius 2 is 1.87 bits per heavy atom. The highest BCUT2D eigenvalue weighted by Gasteiger charge is 2.34. The molecule has 4 aromatic rings. The lowest BCUT2D eigenvalue weighted by Gasteiger charge is -2.14. The average Bonchev–Trinajstić information content (AvgIpc) is 3.12. The zero-order valence-corrected chi connectivity index (χ0v) is 15.5. The Morgan fingerprint density at radius 1 is 1.10 bits per heavy atom. The van der Waals surface area contributed by atoms with Crippen LogP contribution in [0.25, 0.3) is 17.0 Å². The summed E-state index contributed by atoms with van der Waals surface area (Å²) in [5.74, 6) is -1.11. The molecular weight excluding hydrogens is 400 g/mol. The molecule has 2 aromatic heterocycles. The van der Waals surface area contributed by atoms with Crippen molar-refractivity contribution in [2.24, 2.45) is 0 Å². The van der Waals surface area contributed by atoms with Crippen LogP contribution in [-0.2, 0) is 6.18 Å². The Bertz CT molecular complexity index is 1260. The van der Waals surface area contributed by atoms with Crippen LogP contribution in [-0.4, -0.2) is 20.3 Å². The Hall–Kier alpha value is -3.75. The highest BCUT2D eigenvalue weighted by Crippen LogP contribution is 2.32. The number of imidazole rings is 1. The van der Waals surface area contributed by atoms with Crippen LogP contribution >= 0.6 is 0 Å². The van der Waals surface area contributed by atoms with Gasteiger partial charge in [0.05, 0.1) is 23.0 Å². The summed E-state index contributed by atoms with van der Waals surface area (Å²) in [5.41, 5.74) is 0.576. The molecule has 0 spiro atoms. The minimum absolute atomic E-state index is 0.289. The van der Waals surface area contributed by atoms with E-state index in [1.807, 2.05) is 0 Å². The number of rotatable bonds is 3. The van der Waals surface area contributed by atoms with E-state index in [9.17, 15) is 22.4 Å². The van der Waals surface area contributed by atoms with Gasteiger partial charge in [0.15, 0.2) is 5.82 Å². The van der Waals surface area contributed by atoms with Crippen LogP contribution < -0.4 is 5.32 Å². The zero-order chi connectivity index (χ0) is 21.5. The Kier molecular flexibility index (Phi) is 4.73. The summed E-state index contributed by atoms with van der Waals surface area (Å²) in [7, 11) is 0. The zero-order valence-electron chi connectivity index (χ0n) is 15.5. The van der Waals surface area contributed by atoms with E-state index in [0.717, 1.165) is 18.3 Å². The smallest absolute Gasteiger partial charge is 0.322 e. The third-order valence-corrected chi connectivity index (χ3v) is 4.54. The van der Waals surface area contributed by atoms with Crippen LogP contribution in [0.3, 0.4) is 0 Å². The molecule has 30 heavy (non-hydrogen) atoms. The van der Waals surface area contributed by atoms with E-state index >= 15 is 0 Å². The minimum Gasteiger partial charge on any atom is -0.322 e. The maximum atomic E-state index is 13.3. The molecule has 0 saturated carbocycles. The van der Waals surface area contributed by atoms with Crippen molar-refractivity contribution in [2.45, 2.75) is 13.1 Å². The number of aromatic nitrogens is 3. The van der Waals surface area contributed by atoms with E-state index in [-0.39, 0.29) is 5.78 Å². The molecule has 9 heteroatoms. The van der Waals surface area contributed by atoms with Crippen molar-refractivity contribution >= 4 is 17.4 Å². The predicted octanol–water partition coefficient (Wildman–Crippen LogP) is 5.11. The largest absolute Gasteiger partial charge is 0.417 e. The normalized spacial score (nSPS) is 11.6. The second-order valence-corrected chi connectivity index (χ2v) is 6.63. The predicted molar refractivity (Wildman–Crippen MR) is 103 cm³/mol. The average molecular weight is 414 g/mol. The van der Waals surface area contributed by atoms with E-state index in [1.165, 1.54) is 22.7 Å². The van der Waals surface area contributed by atoms with E-state index in [4.69, 9.17) is 0 Å². The summed E-state index contributed by atoms with van der Waals surface area (Å²) >= 11 is 0. The van der Waals surface area contributed by atoms with Gasteiger partial charge in [-0.25, -0.2) is 14.4 Å². The van der Waals surface area contributed by atoms with Gasteiger partial charge in [-0.05, 0) is 30.7 Å². The van der Waals surface area contributed by atoms with Crippen molar-refractivity contribution in [2.75, 3.05) is 5.32 Å². The van der Waals surface area contributed by atoms with Crippen molar-refractivity contribution in [3.05, 3.63) is 83.6 Å². The number of nitrogens with zero attached hydrogens (tertiary/aromatic N) is 3. The van der Waals surface area contributed by atoms with Gasteiger partial charge in [0.2, 0.25) is 5.78 Å². The molecule has 0 aliphatic heterocycles. The van der Waals surface area contributed by atoms with Crippen LogP contribution in [0.15, 0.2) is 61.1 Å². The number of fused-ring (bicyclic) bond motifs is 1. The summed E-state index contributed by atoms with van der Waals surface area (Å²) in [5, 5.41) is 2.54. The van der Waals surface area contributed by atoms with Crippen LogP contribution in [0, 0.1) is 12.7 Å². The fourth-order valence-corrected chi connectivity index (χ4v) is 3.03. The Morgan fingerprint density at radius 3 is 2.63 bits per heavy atom. The van der Waals surface area contributed by atoms with Gasteiger partial charge >= 0.3 is 6.18 Å². The molecule has 2 heterocycles. The number of benzene rings is 2. The first kappa shape index (κ1) is 19.6. The van der Waals surface area contributed by atoms with Crippen molar-refractivity contribution in [3.63, 3.8) is 0 Å². The number of carbonyl (C=O) groups excluding carboxylic acids is 1. The number of alkyl halides is 3. The van der Waals surface area contributed by atoms with E-state index < -0.39 is 29.0 Å². The third kappa shape index (κ3) is 3.73. The molecule has 0 fully saturated rings. The van der Waals surface area contributed by atoms with Gasteiger partial charge in [0.25, 0.3) is 5.91 Å². The quantitative estimate of drug-likeness (QED) is 0.474. The molecule has 4 rings (SSSR count). The fourth-order valence-electron chi connectivity index (χ4n) is 3.03. The first-order valence-electron chi connectivity index (χ1n) is 8.81. The highest BCUT2D eigenvalue weighted by molar-refractivity contribution is 6.06. The number of nitrogens with one attached hydrogen (secondary N) is 1. The van der Waals surface area contributed by atoms with Crippen molar-refractivity contribution in [1.82, 2.24) is 14.4 Å². The topological polar surface area (TPSA) is 59.3 Å². The minimum atomic E-state index is -4.65. The van der Waals surface area contributed by atoms with Gasteiger partial charge in [-0.2, -0.15) is 13.2 Å². The van der Waals surface area contributed by atoms with Gasteiger partial charge in [-0.3, -0.25) is 9.20 Å². The highest BCUT2D eigenvalue weighted by atomic mass is 19.4. The van der Waals surface area contributed by atoms with Crippen LogP contribution in [0.5, 0.6) is 0 Å². The van der Waals surface area contributed by atoms with E-state index in [0.29, 0.717) is 22.5 Å². The van der Waals surface area contributed by atoms with Gasteiger partial charge in [0.1, 0.15) is 0 Å². The molecular formula is C21H14F4N4O. The Balaban J connectivity index is 1.68. The van der Waals surface area contributed by atoms with Crippen LogP contribution in [0.1, 0.15) is 21.5 Å². The number of hydrogen-bond donors (Lipinski definition) is 1. The van der Waals surface area contributed by atoms with Crippen molar-refractivity contribution in [1.29, 1.82) is 0 Å². The number of halogens is 4.